The Balaban J connectivity index is 2.31. The van der Waals surface area contributed by atoms with Gasteiger partial charge in [0.25, 0.3) is 10.0 Å². The minimum Gasteiger partial charge on any atom is -0.507 e. The predicted molar refractivity (Wildman–Crippen MR) is 73.1 cm³/mol. The third-order valence-corrected chi connectivity index (χ3v) is 4.29. The lowest BCUT2D eigenvalue weighted by atomic mass is 10.3. The SMILES string of the molecule is O=S(=O)(Nc1ccc(O)c(Br)c1)c1ccccc1. The van der Waals surface area contributed by atoms with Crippen LogP contribution in [0.15, 0.2) is 57.9 Å². The van der Waals surface area contributed by atoms with Crippen molar-refractivity contribution in [1.82, 2.24) is 0 Å². The molecule has 94 valence electrons. The van der Waals surface area contributed by atoms with Crippen LogP contribution in [-0.4, -0.2) is 13.5 Å². The van der Waals surface area contributed by atoms with Gasteiger partial charge in [0.2, 0.25) is 0 Å². The van der Waals surface area contributed by atoms with Crippen molar-refractivity contribution in [2.45, 2.75) is 4.90 Å². The summed E-state index contributed by atoms with van der Waals surface area (Å²) in [5.74, 6) is 0.0534. The van der Waals surface area contributed by atoms with Gasteiger partial charge in [-0.15, -0.1) is 0 Å². The van der Waals surface area contributed by atoms with Gasteiger partial charge in [-0.1, -0.05) is 18.2 Å². The molecule has 2 aromatic carbocycles. The lowest BCUT2D eigenvalue weighted by molar-refractivity contribution is 0.472. The smallest absolute Gasteiger partial charge is 0.261 e. The maximum Gasteiger partial charge on any atom is 0.261 e. The number of phenols is 1. The lowest BCUT2D eigenvalue weighted by Crippen LogP contribution is -2.12. The van der Waals surface area contributed by atoms with Crippen LogP contribution in [0.2, 0.25) is 0 Å². The molecule has 6 heteroatoms. The Morgan fingerprint density at radius 2 is 1.72 bits per heavy atom. The van der Waals surface area contributed by atoms with E-state index in [-0.39, 0.29) is 10.6 Å². The fourth-order valence-corrected chi connectivity index (χ4v) is 2.83. The average molecular weight is 328 g/mol. The van der Waals surface area contributed by atoms with Gasteiger partial charge >= 0.3 is 0 Å². The number of rotatable bonds is 3. The van der Waals surface area contributed by atoms with Gasteiger partial charge in [0.15, 0.2) is 0 Å². The lowest BCUT2D eigenvalue weighted by Gasteiger charge is -2.08. The van der Waals surface area contributed by atoms with Gasteiger partial charge in [-0.25, -0.2) is 8.42 Å². The number of benzene rings is 2. The molecule has 0 spiro atoms. The quantitative estimate of drug-likeness (QED) is 0.852. The molecule has 0 saturated carbocycles. The Bertz CT molecular complexity index is 656. The van der Waals surface area contributed by atoms with Crippen LogP contribution in [-0.2, 0) is 10.0 Å². The minimum absolute atomic E-state index is 0.0534. The van der Waals surface area contributed by atoms with E-state index in [9.17, 15) is 13.5 Å². The van der Waals surface area contributed by atoms with E-state index in [2.05, 4.69) is 20.7 Å². The maximum atomic E-state index is 12.0. The first-order chi connectivity index (χ1) is 8.49. The first kappa shape index (κ1) is 12.9. The molecule has 0 heterocycles. The highest BCUT2D eigenvalue weighted by Gasteiger charge is 2.13. The zero-order valence-electron chi connectivity index (χ0n) is 9.17. The molecule has 0 amide bonds. The summed E-state index contributed by atoms with van der Waals surface area (Å²) in [6.45, 7) is 0. The molecule has 0 radical (unpaired) electrons. The fourth-order valence-electron chi connectivity index (χ4n) is 1.38. The molecule has 18 heavy (non-hydrogen) atoms. The fraction of sp³-hybridized carbons (Fsp3) is 0. The molecule has 0 aliphatic carbocycles. The standard InChI is InChI=1S/C12H10BrNO3S/c13-11-8-9(6-7-12(11)15)14-18(16,17)10-4-2-1-3-5-10/h1-8,14-15H. The van der Waals surface area contributed by atoms with E-state index < -0.39 is 10.0 Å². The summed E-state index contributed by atoms with van der Waals surface area (Å²) >= 11 is 3.13. The van der Waals surface area contributed by atoms with Crippen LogP contribution in [0.3, 0.4) is 0 Å². The van der Waals surface area contributed by atoms with Crippen molar-refractivity contribution in [2.24, 2.45) is 0 Å². The van der Waals surface area contributed by atoms with Crippen molar-refractivity contribution in [3.05, 3.63) is 53.0 Å². The van der Waals surface area contributed by atoms with E-state index >= 15 is 0 Å². The average Bonchev–Trinajstić information content (AvgIpc) is 2.35. The summed E-state index contributed by atoms with van der Waals surface area (Å²) in [4.78, 5) is 0.189. The normalized spacial score (nSPS) is 11.2. The zero-order chi connectivity index (χ0) is 13.2. The number of hydrogen-bond acceptors (Lipinski definition) is 3. The van der Waals surface area contributed by atoms with E-state index in [4.69, 9.17) is 0 Å². The van der Waals surface area contributed by atoms with Crippen LogP contribution in [0.5, 0.6) is 5.75 Å². The Morgan fingerprint density at radius 1 is 1.06 bits per heavy atom. The molecular formula is C12H10BrNO3S. The van der Waals surface area contributed by atoms with Crippen molar-refractivity contribution in [3.63, 3.8) is 0 Å². The highest BCUT2D eigenvalue weighted by atomic mass is 79.9. The van der Waals surface area contributed by atoms with E-state index in [0.717, 1.165) is 0 Å². The second-order valence-electron chi connectivity index (χ2n) is 3.58. The molecule has 0 aliphatic heterocycles. The van der Waals surface area contributed by atoms with Crippen LogP contribution < -0.4 is 4.72 Å². The maximum absolute atomic E-state index is 12.0. The zero-order valence-corrected chi connectivity index (χ0v) is 11.6. The Labute approximate surface area is 113 Å². The van der Waals surface area contributed by atoms with Crippen molar-refractivity contribution < 1.29 is 13.5 Å². The molecule has 0 bridgehead atoms. The third kappa shape index (κ3) is 2.83. The van der Waals surface area contributed by atoms with Crippen molar-refractivity contribution in [3.8, 4) is 5.75 Å². The summed E-state index contributed by atoms with van der Waals surface area (Å²) in [6.07, 6.45) is 0. The number of sulfonamides is 1. The van der Waals surface area contributed by atoms with Crippen LogP contribution >= 0.6 is 15.9 Å². The van der Waals surface area contributed by atoms with Crippen LogP contribution in [0.1, 0.15) is 0 Å². The third-order valence-electron chi connectivity index (χ3n) is 2.25. The number of anilines is 1. The predicted octanol–water partition coefficient (Wildman–Crippen LogP) is 2.96. The van der Waals surface area contributed by atoms with Crippen LogP contribution in [0, 0.1) is 0 Å². The van der Waals surface area contributed by atoms with Crippen molar-refractivity contribution in [1.29, 1.82) is 0 Å². The first-order valence-electron chi connectivity index (χ1n) is 5.05. The topological polar surface area (TPSA) is 66.4 Å². The highest BCUT2D eigenvalue weighted by molar-refractivity contribution is 9.10. The number of halogens is 1. The summed E-state index contributed by atoms with van der Waals surface area (Å²) < 4.78 is 26.9. The number of nitrogens with one attached hydrogen (secondary N) is 1. The van der Waals surface area contributed by atoms with E-state index in [1.165, 1.54) is 30.3 Å². The molecule has 4 nitrogen and oxygen atoms in total. The van der Waals surface area contributed by atoms with E-state index in [1.807, 2.05) is 0 Å². The van der Waals surface area contributed by atoms with Gasteiger partial charge in [0.1, 0.15) is 5.75 Å². The van der Waals surface area contributed by atoms with E-state index in [1.54, 1.807) is 18.2 Å². The molecule has 0 saturated heterocycles. The Morgan fingerprint density at radius 3 is 2.33 bits per heavy atom. The summed E-state index contributed by atoms with van der Waals surface area (Å²) in [5.41, 5.74) is 0.378. The second-order valence-corrected chi connectivity index (χ2v) is 6.12. The highest BCUT2D eigenvalue weighted by Crippen LogP contribution is 2.27. The number of aromatic hydroxyl groups is 1. The number of phenolic OH excluding ortho intramolecular Hbond substituents is 1. The molecule has 0 fully saturated rings. The first-order valence-corrected chi connectivity index (χ1v) is 7.33. The van der Waals surface area contributed by atoms with Crippen molar-refractivity contribution in [2.75, 3.05) is 4.72 Å². The minimum atomic E-state index is -3.60. The molecule has 0 aliphatic rings. The summed E-state index contributed by atoms with van der Waals surface area (Å²) in [5, 5.41) is 9.33. The molecule has 0 unspecified atom stereocenters. The molecule has 0 aromatic heterocycles. The molecule has 2 rings (SSSR count). The summed E-state index contributed by atoms with van der Waals surface area (Å²) in [7, 11) is -3.60. The molecule has 0 atom stereocenters. The second kappa shape index (κ2) is 4.99. The summed E-state index contributed by atoms with van der Waals surface area (Å²) in [6, 6.07) is 12.5. The van der Waals surface area contributed by atoms with Gasteiger partial charge in [-0.2, -0.15) is 0 Å². The number of hydrogen-bond donors (Lipinski definition) is 2. The molecular weight excluding hydrogens is 318 g/mol. The van der Waals surface area contributed by atoms with Crippen LogP contribution in [0.4, 0.5) is 5.69 Å². The Kier molecular flexibility index (Phi) is 3.58. The largest absolute Gasteiger partial charge is 0.507 e. The van der Waals surface area contributed by atoms with Gasteiger partial charge in [-0.05, 0) is 46.3 Å². The van der Waals surface area contributed by atoms with Gasteiger partial charge < -0.3 is 5.11 Å². The van der Waals surface area contributed by atoms with Crippen molar-refractivity contribution >= 4 is 31.6 Å². The monoisotopic (exact) mass is 327 g/mol. The van der Waals surface area contributed by atoms with Gasteiger partial charge in [0.05, 0.1) is 15.1 Å². The molecule has 2 aromatic rings. The Hall–Kier alpha value is -1.53. The van der Waals surface area contributed by atoms with Gasteiger partial charge in [-0.3, -0.25) is 4.72 Å². The van der Waals surface area contributed by atoms with Crippen LogP contribution in [0.25, 0.3) is 0 Å². The van der Waals surface area contributed by atoms with Gasteiger partial charge in [0, 0.05) is 0 Å². The van der Waals surface area contributed by atoms with E-state index in [0.29, 0.717) is 10.2 Å². The molecule has 2 N–H and O–H groups in total.